The molecule has 2 heteroatoms. The molecule has 0 aromatic rings. The SMILES string of the molecule is CCCC(C)CCC1(CCC(C)C)OCCO1. The summed E-state index contributed by atoms with van der Waals surface area (Å²) < 4.78 is 11.8. The summed E-state index contributed by atoms with van der Waals surface area (Å²) in [5, 5.41) is 0. The molecule has 0 N–H and O–H groups in total. The predicted molar refractivity (Wildman–Crippen MR) is 72.0 cm³/mol. The Morgan fingerprint density at radius 1 is 0.941 bits per heavy atom. The van der Waals surface area contributed by atoms with E-state index >= 15 is 0 Å². The van der Waals surface area contributed by atoms with Crippen molar-refractivity contribution in [2.24, 2.45) is 11.8 Å². The summed E-state index contributed by atoms with van der Waals surface area (Å²) in [5.74, 6) is 1.28. The van der Waals surface area contributed by atoms with Crippen molar-refractivity contribution in [1.82, 2.24) is 0 Å². The van der Waals surface area contributed by atoms with E-state index in [2.05, 4.69) is 27.7 Å². The molecule has 0 aliphatic carbocycles. The minimum Gasteiger partial charge on any atom is -0.348 e. The fourth-order valence-corrected chi connectivity index (χ4v) is 2.52. The van der Waals surface area contributed by atoms with Crippen LogP contribution in [0.25, 0.3) is 0 Å². The highest BCUT2D eigenvalue weighted by molar-refractivity contribution is 4.76. The number of ether oxygens (including phenoxy) is 2. The summed E-state index contributed by atoms with van der Waals surface area (Å²) in [5.41, 5.74) is 0. The van der Waals surface area contributed by atoms with Gasteiger partial charge in [0.2, 0.25) is 0 Å². The molecule has 0 saturated carbocycles. The predicted octanol–water partition coefficient (Wildman–Crippen LogP) is 4.38. The Balaban J connectivity index is 2.36. The van der Waals surface area contributed by atoms with Gasteiger partial charge in [-0.25, -0.2) is 0 Å². The monoisotopic (exact) mass is 242 g/mol. The van der Waals surface area contributed by atoms with Crippen molar-refractivity contribution in [2.75, 3.05) is 13.2 Å². The summed E-state index contributed by atoms with van der Waals surface area (Å²) in [6.07, 6.45) is 7.15. The molecule has 1 heterocycles. The van der Waals surface area contributed by atoms with Crippen molar-refractivity contribution < 1.29 is 9.47 Å². The number of hydrogen-bond donors (Lipinski definition) is 0. The van der Waals surface area contributed by atoms with Gasteiger partial charge >= 0.3 is 0 Å². The Labute approximate surface area is 107 Å². The second kappa shape index (κ2) is 7.38. The maximum Gasteiger partial charge on any atom is 0.168 e. The van der Waals surface area contributed by atoms with Crippen molar-refractivity contribution in [2.45, 2.75) is 72.0 Å². The minimum absolute atomic E-state index is 0.244. The van der Waals surface area contributed by atoms with E-state index < -0.39 is 0 Å². The molecule has 1 aliphatic heterocycles. The second-order valence-electron chi connectivity index (χ2n) is 5.97. The normalized spacial score (nSPS) is 21.0. The first kappa shape index (κ1) is 15.0. The summed E-state index contributed by atoms with van der Waals surface area (Å²) in [7, 11) is 0. The van der Waals surface area contributed by atoms with Gasteiger partial charge in [-0.05, 0) is 24.7 Å². The standard InChI is InChI=1S/C15H30O2/c1-5-6-14(4)8-10-15(9-7-13(2)3)16-11-12-17-15/h13-14H,5-12H2,1-4H3. The molecular weight excluding hydrogens is 212 g/mol. The van der Waals surface area contributed by atoms with Crippen LogP contribution in [0.3, 0.4) is 0 Å². The first-order valence-corrected chi connectivity index (χ1v) is 7.36. The van der Waals surface area contributed by atoms with E-state index in [4.69, 9.17) is 9.47 Å². The van der Waals surface area contributed by atoms with Crippen molar-refractivity contribution in [3.05, 3.63) is 0 Å². The third-order valence-corrected chi connectivity index (χ3v) is 3.72. The number of rotatable bonds is 8. The average molecular weight is 242 g/mol. The van der Waals surface area contributed by atoms with Gasteiger partial charge in [0.25, 0.3) is 0 Å². The molecule has 102 valence electrons. The highest BCUT2D eigenvalue weighted by Crippen LogP contribution is 2.33. The van der Waals surface area contributed by atoms with E-state index in [0.717, 1.165) is 37.9 Å². The minimum atomic E-state index is -0.244. The molecule has 2 nitrogen and oxygen atoms in total. The molecule has 1 fully saturated rings. The maximum absolute atomic E-state index is 5.90. The quantitative estimate of drug-likeness (QED) is 0.629. The highest BCUT2D eigenvalue weighted by atomic mass is 16.7. The molecule has 0 spiro atoms. The zero-order chi connectivity index (χ0) is 12.7. The smallest absolute Gasteiger partial charge is 0.168 e. The van der Waals surface area contributed by atoms with Gasteiger partial charge in [-0.2, -0.15) is 0 Å². The van der Waals surface area contributed by atoms with Gasteiger partial charge in [0, 0.05) is 12.8 Å². The van der Waals surface area contributed by atoms with Crippen molar-refractivity contribution in [1.29, 1.82) is 0 Å². The van der Waals surface area contributed by atoms with Crippen LogP contribution in [0.2, 0.25) is 0 Å². The lowest BCUT2D eigenvalue weighted by Crippen LogP contribution is -2.31. The number of hydrogen-bond acceptors (Lipinski definition) is 2. The molecule has 1 unspecified atom stereocenters. The first-order chi connectivity index (χ1) is 8.08. The lowest BCUT2D eigenvalue weighted by molar-refractivity contribution is -0.171. The molecule has 0 aromatic heterocycles. The van der Waals surface area contributed by atoms with Crippen LogP contribution in [0.1, 0.15) is 66.2 Å². The molecular formula is C15H30O2. The van der Waals surface area contributed by atoms with Crippen LogP contribution in [0.4, 0.5) is 0 Å². The molecule has 1 atom stereocenters. The van der Waals surface area contributed by atoms with Gasteiger partial charge in [-0.3, -0.25) is 0 Å². The fourth-order valence-electron chi connectivity index (χ4n) is 2.52. The van der Waals surface area contributed by atoms with Crippen LogP contribution in [0, 0.1) is 11.8 Å². The molecule has 1 rings (SSSR count). The van der Waals surface area contributed by atoms with Crippen LogP contribution in [0.15, 0.2) is 0 Å². The van der Waals surface area contributed by atoms with E-state index in [1.165, 1.54) is 25.7 Å². The van der Waals surface area contributed by atoms with Gasteiger partial charge in [0.1, 0.15) is 0 Å². The zero-order valence-corrected chi connectivity index (χ0v) is 12.1. The topological polar surface area (TPSA) is 18.5 Å². The van der Waals surface area contributed by atoms with E-state index in [0.29, 0.717) is 0 Å². The second-order valence-corrected chi connectivity index (χ2v) is 5.97. The lowest BCUT2D eigenvalue weighted by atomic mass is 9.93. The summed E-state index contributed by atoms with van der Waals surface area (Å²) in [6.45, 7) is 10.7. The van der Waals surface area contributed by atoms with Crippen LogP contribution in [-0.4, -0.2) is 19.0 Å². The van der Waals surface area contributed by atoms with Crippen molar-refractivity contribution in [3.8, 4) is 0 Å². The Bertz CT molecular complexity index is 195. The van der Waals surface area contributed by atoms with Gasteiger partial charge < -0.3 is 9.47 Å². The average Bonchev–Trinajstić information content (AvgIpc) is 2.74. The van der Waals surface area contributed by atoms with Gasteiger partial charge in [0.05, 0.1) is 13.2 Å². The van der Waals surface area contributed by atoms with E-state index in [1.807, 2.05) is 0 Å². The molecule has 0 amide bonds. The van der Waals surface area contributed by atoms with Gasteiger partial charge in [-0.15, -0.1) is 0 Å². The highest BCUT2D eigenvalue weighted by Gasteiger charge is 2.35. The van der Waals surface area contributed by atoms with Crippen molar-refractivity contribution >= 4 is 0 Å². The largest absolute Gasteiger partial charge is 0.348 e. The zero-order valence-electron chi connectivity index (χ0n) is 12.1. The van der Waals surface area contributed by atoms with Crippen LogP contribution in [0.5, 0.6) is 0 Å². The van der Waals surface area contributed by atoms with Crippen molar-refractivity contribution in [3.63, 3.8) is 0 Å². The van der Waals surface area contributed by atoms with Gasteiger partial charge in [0.15, 0.2) is 5.79 Å². The molecule has 17 heavy (non-hydrogen) atoms. The molecule has 1 aliphatic rings. The molecule has 1 saturated heterocycles. The van der Waals surface area contributed by atoms with Gasteiger partial charge in [-0.1, -0.05) is 40.5 Å². The van der Waals surface area contributed by atoms with E-state index in [9.17, 15) is 0 Å². The van der Waals surface area contributed by atoms with Crippen LogP contribution < -0.4 is 0 Å². The maximum atomic E-state index is 5.90. The summed E-state index contributed by atoms with van der Waals surface area (Å²) in [4.78, 5) is 0. The Morgan fingerprint density at radius 2 is 1.53 bits per heavy atom. The summed E-state index contributed by atoms with van der Waals surface area (Å²) in [6, 6.07) is 0. The first-order valence-electron chi connectivity index (χ1n) is 7.36. The fraction of sp³-hybridized carbons (Fsp3) is 1.00. The molecule has 0 bridgehead atoms. The Kier molecular flexibility index (Phi) is 6.50. The molecule has 0 aromatic carbocycles. The van der Waals surface area contributed by atoms with Crippen LogP contribution >= 0.6 is 0 Å². The lowest BCUT2D eigenvalue weighted by Gasteiger charge is -2.29. The van der Waals surface area contributed by atoms with E-state index in [1.54, 1.807) is 0 Å². The van der Waals surface area contributed by atoms with Crippen LogP contribution in [-0.2, 0) is 9.47 Å². The Hall–Kier alpha value is -0.0800. The van der Waals surface area contributed by atoms with E-state index in [-0.39, 0.29) is 5.79 Å². The Morgan fingerprint density at radius 3 is 2.06 bits per heavy atom. The summed E-state index contributed by atoms with van der Waals surface area (Å²) >= 11 is 0. The molecule has 0 radical (unpaired) electrons. The third kappa shape index (κ3) is 5.39. The third-order valence-electron chi connectivity index (χ3n) is 3.72.